The number of hydrogen-bond acceptors (Lipinski definition) is 5. The van der Waals surface area contributed by atoms with E-state index >= 15 is 0 Å². The third kappa shape index (κ3) is 5.03. The summed E-state index contributed by atoms with van der Waals surface area (Å²) in [6.45, 7) is 6.25. The van der Waals surface area contributed by atoms with Gasteiger partial charge >= 0.3 is 0 Å². The average Bonchev–Trinajstić information content (AvgIpc) is 2.77. The molecule has 4 nitrogen and oxygen atoms in total. The fourth-order valence-electron chi connectivity index (χ4n) is 1.40. The Labute approximate surface area is 101 Å². The van der Waals surface area contributed by atoms with E-state index in [9.17, 15) is 0 Å². The molecular formula is C11H20N2O2S. The molecule has 0 aromatic carbocycles. The average molecular weight is 244 g/mol. The van der Waals surface area contributed by atoms with Crippen LogP contribution < -0.4 is 5.32 Å². The SMILES string of the molecule is COCCOCC(C)NC(C)c1cncs1. The second kappa shape index (κ2) is 7.73. The number of thiazole rings is 1. The van der Waals surface area contributed by atoms with Crippen molar-refractivity contribution >= 4 is 11.3 Å². The van der Waals surface area contributed by atoms with Gasteiger partial charge in [-0.2, -0.15) is 0 Å². The summed E-state index contributed by atoms with van der Waals surface area (Å²) in [5.41, 5.74) is 1.85. The van der Waals surface area contributed by atoms with E-state index in [0.29, 0.717) is 31.9 Å². The smallest absolute Gasteiger partial charge is 0.0794 e. The molecule has 1 aromatic heterocycles. The predicted octanol–water partition coefficient (Wildman–Crippen LogP) is 1.85. The fourth-order valence-corrected chi connectivity index (χ4v) is 2.04. The monoisotopic (exact) mass is 244 g/mol. The lowest BCUT2D eigenvalue weighted by Gasteiger charge is -2.18. The second-order valence-corrected chi connectivity index (χ2v) is 4.68. The standard InChI is InChI=1S/C11H20N2O2S/c1-9(7-15-5-4-14-3)13-10(2)11-6-12-8-16-11/h6,8-10,13H,4-5,7H2,1-3H3. The predicted molar refractivity (Wildman–Crippen MR) is 65.8 cm³/mol. The lowest BCUT2D eigenvalue weighted by molar-refractivity contribution is 0.0597. The molecule has 1 rings (SSSR count). The van der Waals surface area contributed by atoms with Crippen LogP contribution in [0.4, 0.5) is 0 Å². The summed E-state index contributed by atoms with van der Waals surface area (Å²) in [6.07, 6.45) is 1.90. The van der Waals surface area contributed by atoms with Crippen LogP contribution in [0.3, 0.4) is 0 Å². The highest BCUT2D eigenvalue weighted by atomic mass is 32.1. The van der Waals surface area contributed by atoms with Crippen LogP contribution in [0.5, 0.6) is 0 Å². The van der Waals surface area contributed by atoms with Gasteiger partial charge in [-0.25, -0.2) is 0 Å². The minimum atomic E-state index is 0.327. The molecule has 0 saturated heterocycles. The first-order chi connectivity index (χ1) is 7.74. The van der Waals surface area contributed by atoms with Crippen LogP contribution in [-0.2, 0) is 9.47 Å². The van der Waals surface area contributed by atoms with Crippen molar-refractivity contribution in [3.05, 3.63) is 16.6 Å². The van der Waals surface area contributed by atoms with Gasteiger partial charge in [-0.1, -0.05) is 0 Å². The van der Waals surface area contributed by atoms with Gasteiger partial charge in [-0.05, 0) is 13.8 Å². The third-order valence-electron chi connectivity index (χ3n) is 2.21. The van der Waals surface area contributed by atoms with Gasteiger partial charge in [0.15, 0.2) is 0 Å². The van der Waals surface area contributed by atoms with Crippen LogP contribution in [0.2, 0.25) is 0 Å². The van der Waals surface area contributed by atoms with Crippen LogP contribution in [0.25, 0.3) is 0 Å². The number of ether oxygens (including phenoxy) is 2. The van der Waals surface area contributed by atoms with E-state index in [-0.39, 0.29) is 0 Å². The number of rotatable bonds is 8. The Morgan fingerprint density at radius 3 is 2.88 bits per heavy atom. The van der Waals surface area contributed by atoms with E-state index in [1.54, 1.807) is 18.4 Å². The minimum absolute atomic E-state index is 0.327. The lowest BCUT2D eigenvalue weighted by atomic mass is 10.2. The van der Waals surface area contributed by atoms with Crippen molar-refractivity contribution in [2.75, 3.05) is 26.9 Å². The Balaban J connectivity index is 2.16. The van der Waals surface area contributed by atoms with Crippen LogP contribution >= 0.6 is 11.3 Å². The largest absolute Gasteiger partial charge is 0.382 e. The molecular weight excluding hydrogens is 224 g/mol. The van der Waals surface area contributed by atoms with Crippen molar-refractivity contribution in [3.63, 3.8) is 0 Å². The van der Waals surface area contributed by atoms with E-state index in [4.69, 9.17) is 9.47 Å². The number of aromatic nitrogens is 1. The molecule has 0 radical (unpaired) electrons. The van der Waals surface area contributed by atoms with E-state index in [1.807, 2.05) is 11.7 Å². The topological polar surface area (TPSA) is 43.4 Å². The molecule has 0 aliphatic heterocycles. The number of hydrogen-bond donors (Lipinski definition) is 1. The molecule has 2 atom stereocenters. The number of nitrogens with zero attached hydrogens (tertiary/aromatic N) is 1. The molecule has 16 heavy (non-hydrogen) atoms. The molecule has 1 heterocycles. The molecule has 0 aliphatic rings. The number of methoxy groups -OCH3 is 1. The molecule has 0 amide bonds. The van der Waals surface area contributed by atoms with Gasteiger partial charge in [0, 0.05) is 30.3 Å². The summed E-state index contributed by atoms with van der Waals surface area (Å²) in [4.78, 5) is 5.32. The van der Waals surface area contributed by atoms with Crippen molar-refractivity contribution < 1.29 is 9.47 Å². The van der Waals surface area contributed by atoms with Crippen molar-refractivity contribution in [2.24, 2.45) is 0 Å². The highest BCUT2D eigenvalue weighted by Crippen LogP contribution is 2.16. The second-order valence-electron chi connectivity index (χ2n) is 3.76. The highest BCUT2D eigenvalue weighted by molar-refractivity contribution is 7.09. The molecule has 0 fully saturated rings. The van der Waals surface area contributed by atoms with E-state index in [2.05, 4.69) is 24.1 Å². The first kappa shape index (κ1) is 13.6. The molecule has 0 bridgehead atoms. The van der Waals surface area contributed by atoms with Gasteiger partial charge < -0.3 is 14.8 Å². The fraction of sp³-hybridized carbons (Fsp3) is 0.727. The van der Waals surface area contributed by atoms with Crippen LogP contribution in [0, 0.1) is 0 Å². The minimum Gasteiger partial charge on any atom is -0.382 e. The molecule has 1 aromatic rings. The first-order valence-corrected chi connectivity index (χ1v) is 6.33. The van der Waals surface area contributed by atoms with Gasteiger partial charge in [0.2, 0.25) is 0 Å². The van der Waals surface area contributed by atoms with Crippen LogP contribution in [-0.4, -0.2) is 38.0 Å². The van der Waals surface area contributed by atoms with E-state index in [1.165, 1.54) is 4.88 Å². The zero-order valence-electron chi connectivity index (χ0n) is 10.1. The molecule has 5 heteroatoms. The summed E-state index contributed by atoms with van der Waals surface area (Å²) >= 11 is 1.67. The summed E-state index contributed by atoms with van der Waals surface area (Å²) in [7, 11) is 1.68. The zero-order valence-corrected chi connectivity index (χ0v) is 10.9. The molecule has 0 aliphatic carbocycles. The maximum atomic E-state index is 5.45. The Hall–Kier alpha value is -0.490. The van der Waals surface area contributed by atoms with Gasteiger partial charge in [0.1, 0.15) is 0 Å². The Morgan fingerprint density at radius 2 is 2.25 bits per heavy atom. The molecule has 0 spiro atoms. The van der Waals surface area contributed by atoms with Crippen molar-refractivity contribution in [1.29, 1.82) is 0 Å². The zero-order chi connectivity index (χ0) is 11.8. The summed E-state index contributed by atoms with van der Waals surface area (Å²) in [6, 6.07) is 0.655. The Bertz CT molecular complexity index is 267. The lowest BCUT2D eigenvalue weighted by Crippen LogP contribution is -2.32. The van der Waals surface area contributed by atoms with Gasteiger partial charge in [-0.3, -0.25) is 4.98 Å². The maximum Gasteiger partial charge on any atom is 0.0794 e. The maximum absolute atomic E-state index is 5.45. The van der Waals surface area contributed by atoms with Gasteiger partial charge in [-0.15, -0.1) is 11.3 Å². The quantitative estimate of drug-likeness (QED) is 0.709. The van der Waals surface area contributed by atoms with E-state index in [0.717, 1.165) is 0 Å². The Kier molecular flexibility index (Phi) is 6.56. The third-order valence-corrected chi connectivity index (χ3v) is 3.17. The van der Waals surface area contributed by atoms with Gasteiger partial charge in [0.25, 0.3) is 0 Å². The Morgan fingerprint density at radius 1 is 1.44 bits per heavy atom. The van der Waals surface area contributed by atoms with Gasteiger partial charge in [0.05, 0.1) is 25.3 Å². The van der Waals surface area contributed by atoms with Crippen molar-refractivity contribution in [1.82, 2.24) is 10.3 Å². The molecule has 2 unspecified atom stereocenters. The summed E-state index contributed by atoms with van der Waals surface area (Å²) in [5, 5.41) is 3.46. The van der Waals surface area contributed by atoms with E-state index < -0.39 is 0 Å². The molecule has 92 valence electrons. The van der Waals surface area contributed by atoms with Crippen LogP contribution in [0.1, 0.15) is 24.8 Å². The normalized spacial score (nSPS) is 14.9. The highest BCUT2D eigenvalue weighted by Gasteiger charge is 2.10. The molecule has 0 saturated carbocycles. The summed E-state index contributed by atoms with van der Waals surface area (Å²) in [5.74, 6) is 0. The summed E-state index contributed by atoms with van der Waals surface area (Å²) < 4.78 is 10.4. The first-order valence-electron chi connectivity index (χ1n) is 5.45. The van der Waals surface area contributed by atoms with Crippen molar-refractivity contribution in [3.8, 4) is 0 Å². The van der Waals surface area contributed by atoms with Crippen LogP contribution in [0.15, 0.2) is 11.7 Å². The number of nitrogens with one attached hydrogen (secondary N) is 1. The van der Waals surface area contributed by atoms with Crippen molar-refractivity contribution in [2.45, 2.75) is 25.9 Å². The molecule has 1 N–H and O–H groups in total.